The number of hydrogen-bond acceptors (Lipinski definition) is 6. The van der Waals surface area contributed by atoms with Gasteiger partial charge in [-0.1, -0.05) is 16.9 Å². The lowest BCUT2D eigenvalue weighted by Crippen LogP contribution is -2.29. The Bertz CT molecular complexity index is 845. The second-order valence-corrected chi connectivity index (χ2v) is 7.29. The van der Waals surface area contributed by atoms with Crippen LogP contribution in [0.2, 0.25) is 0 Å². The Hall–Kier alpha value is -2.35. The van der Waals surface area contributed by atoms with Crippen molar-refractivity contribution in [2.45, 2.75) is 32.7 Å². The van der Waals surface area contributed by atoms with Crippen LogP contribution >= 0.6 is 11.8 Å². The Morgan fingerprint density at radius 2 is 2.20 bits per heavy atom. The van der Waals surface area contributed by atoms with Crippen LogP contribution < -0.4 is 11.1 Å². The smallest absolute Gasteiger partial charge is 0.261 e. The zero-order chi connectivity index (χ0) is 18.2. The van der Waals surface area contributed by atoms with Crippen molar-refractivity contribution < 1.29 is 13.7 Å². The number of anilines is 1. The highest BCUT2D eigenvalue weighted by atomic mass is 32.2. The minimum Gasteiger partial charge on any atom is -0.379 e. The Morgan fingerprint density at radius 3 is 2.84 bits per heavy atom. The molecule has 2 heterocycles. The van der Waals surface area contributed by atoms with Gasteiger partial charge in [0.15, 0.2) is 5.17 Å². The van der Waals surface area contributed by atoms with Gasteiger partial charge in [-0.15, -0.1) is 0 Å². The summed E-state index contributed by atoms with van der Waals surface area (Å²) < 4.78 is 19.4. The van der Waals surface area contributed by atoms with Gasteiger partial charge in [-0.3, -0.25) is 9.79 Å². The molecule has 0 saturated heterocycles. The van der Waals surface area contributed by atoms with Crippen molar-refractivity contribution in [1.29, 1.82) is 0 Å². The quantitative estimate of drug-likeness (QED) is 0.873. The Kier molecular flexibility index (Phi) is 4.55. The molecule has 25 heavy (non-hydrogen) atoms. The van der Waals surface area contributed by atoms with E-state index in [-0.39, 0.29) is 11.7 Å². The molecule has 3 rings (SSSR count). The molecular weight excluding hydrogens is 343 g/mol. The summed E-state index contributed by atoms with van der Waals surface area (Å²) in [7, 11) is 0. The highest BCUT2D eigenvalue weighted by Crippen LogP contribution is 2.37. The van der Waals surface area contributed by atoms with E-state index in [9.17, 15) is 9.18 Å². The van der Waals surface area contributed by atoms with Crippen LogP contribution in [0.1, 0.15) is 40.7 Å². The molecule has 1 aromatic heterocycles. The number of nitrogens with zero attached hydrogens (tertiary/aromatic N) is 2. The van der Waals surface area contributed by atoms with E-state index in [1.165, 1.54) is 23.9 Å². The SMILES string of the molecule is Cc1noc(C)c1C(=O)Nc1ccc(F)c([C@]2(C)CCSC(N)=N2)c1. The number of benzene rings is 1. The predicted molar refractivity (Wildman–Crippen MR) is 96.4 cm³/mol. The van der Waals surface area contributed by atoms with Gasteiger partial charge in [-0.05, 0) is 45.4 Å². The van der Waals surface area contributed by atoms with Crippen LogP contribution in [0.15, 0.2) is 27.7 Å². The van der Waals surface area contributed by atoms with Crippen molar-refractivity contribution >= 4 is 28.5 Å². The maximum Gasteiger partial charge on any atom is 0.261 e. The van der Waals surface area contributed by atoms with Crippen LogP contribution in [0.25, 0.3) is 0 Å². The Labute approximate surface area is 149 Å². The highest BCUT2D eigenvalue weighted by Gasteiger charge is 2.32. The van der Waals surface area contributed by atoms with Gasteiger partial charge in [0.25, 0.3) is 5.91 Å². The lowest BCUT2D eigenvalue weighted by molar-refractivity contribution is 0.102. The predicted octanol–water partition coefficient (Wildman–Crippen LogP) is 3.35. The van der Waals surface area contributed by atoms with E-state index in [2.05, 4.69) is 15.5 Å². The number of aliphatic imine (C=N–C) groups is 1. The summed E-state index contributed by atoms with van der Waals surface area (Å²) in [5.41, 5.74) is 6.85. The number of aryl methyl sites for hydroxylation is 2. The zero-order valence-electron chi connectivity index (χ0n) is 14.2. The molecule has 1 aliphatic rings. The highest BCUT2D eigenvalue weighted by molar-refractivity contribution is 8.13. The molecule has 1 atom stereocenters. The molecule has 1 aromatic carbocycles. The van der Waals surface area contributed by atoms with Gasteiger partial charge >= 0.3 is 0 Å². The fraction of sp³-hybridized carbons (Fsp3) is 0.353. The van der Waals surface area contributed by atoms with Crippen molar-refractivity contribution in [3.63, 3.8) is 0 Å². The fourth-order valence-electron chi connectivity index (χ4n) is 2.90. The number of rotatable bonds is 3. The molecule has 3 N–H and O–H groups in total. The van der Waals surface area contributed by atoms with E-state index in [0.29, 0.717) is 39.9 Å². The Balaban J connectivity index is 1.92. The molecule has 0 fully saturated rings. The zero-order valence-corrected chi connectivity index (χ0v) is 15.0. The first-order valence-corrected chi connectivity index (χ1v) is 8.81. The summed E-state index contributed by atoms with van der Waals surface area (Å²) in [5.74, 6) is 0.481. The van der Waals surface area contributed by atoms with E-state index in [4.69, 9.17) is 10.3 Å². The van der Waals surface area contributed by atoms with Crippen LogP contribution in [-0.4, -0.2) is 22.0 Å². The molecule has 0 saturated carbocycles. The summed E-state index contributed by atoms with van der Waals surface area (Å²) in [6.07, 6.45) is 0.663. The summed E-state index contributed by atoms with van der Waals surface area (Å²) in [6, 6.07) is 4.46. The van der Waals surface area contributed by atoms with Crippen LogP contribution in [-0.2, 0) is 5.54 Å². The Morgan fingerprint density at radius 1 is 1.44 bits per heavy atom. The van der Waals surface area contributed by atoms with Crippen molar-refractivity contribution in [2.75, 3.05) is 11.1 Å². The molecule has 0 radical (unpaired) electrons. The van der Waals surface area contributed by atoms with E-state index in [1.54, 1.807) is 19.9 Å². The second kappa shape index (κ2) is 6.51. The van der Waals surface area contributed by atoms with Crippen molar-refractivity contribution in [1.82, 2.24) is 5.16 Å². The topological polar surface area (TPSA) is 93.5 Å². The summed E-state index contributed by atoms with van der Waals surface area (Å²) in [5, 5.41) is 6.99. The number of carbonyl (C=O) groups is 1. The number of hydrogen-bond donors (Lipinski definition) is 2. The van der Waals surface area contributed by atoms with Gasteiger partial charge < -0.3 is 15.6 Å². The summed E-state index contributed by atoms with van der Waals surface area (Å²) >= 11 is 1.46. The maximum atomic E-state index is 14.4. The van der Waals surface area contributed by atoms with Crippen LogP contribution in [0.5, 0.6) is 0 Å². The van der Waals surface area contributed by atoms with E-state index in [1.807, 2.05) is 6.92 Å². The van der Waals surface area contributed by atoms with Gasteiger partial charge in [-0.25, -0.2) is 4.39 Å². The number of amides is 1. The maximum absolute atomic E-state index is 14.4. The number of aromatic nitrogens is 1. The van der Waals surface area contributed by atoms with Gasteiger partial charge in [0.05, 0.1) is 11.2 Å². The average molecular weight is 362 g/mol. The number of nitrogens with one attached hydrogen (secondary N) is 1. The molecule has 8 heteroatoms. The monoisotopic (exact) mass is 362 g/mol. The lowest BCUT2D eigenvalue weighted by Gasteiger charge is -2.30. The van der Waals surface area contributed by atoms with E-state index < -0.39 is 5.54 Å². The first-order chi connectivity index (χ1) is 11.8. The van der Waals surface area contributed by atoms with Crippen LogP contribution in [0.3, 0.4) is 0 Å². The molecule has 2 aromatic rings. The number of carbonyl (C=O) groups excluding carboxylic acids is 1. The van der Waals surface area contributed by atoms with Crippen molar-refractivity contribution in [2.24, 2.45) is 10.7 Å². The average Bonchev–Trinajstić information content (AvgIpc) is 2.87. The van der Waals surface area contributed by atoms with E-state index >= 15 is 0 Å². The van der Waals surface area contributed by atoms with Gasteiger partial charge in [0.1, 0.15) is 17.1 Å². The van der Waals surface area contributed by atoms with Crippen molar-refractivity contribution in [3.8, 4) is 0 Å². The first-order valence-electron chi connectivity index (χ1n) is 7.82. The lowest BCUT2D eigenvalue weighted by atomic mass is 9.89. The largest absolute Gasteiger partial charge is 0.379 e. The molecule has 132 valence electrons. The number of halogens is 1. The van der Waals surface area contributed by atoms with Gasteiger partial charge in [0, 0.05) is 17.0 Å². The summed E-state index contributed by atoms with van der Waals surface area (Å²) in [4.78, 5) is 16.9. The molecule has 0 spiro atoms. The van der Waals surface area contributed by atoms with Gasteiger partial charge in [0.2, 0.25) is 0 Å². The third-order valence-corrected chi connectivity index (χ3v) is 5.06. The minimum atomic E-state index is -0.747. The first kappa shape index (κ1) is 17.5. The van der Waals surface area contributed by atoms with Crippen LogP contribution in [0, 0.1) is 19.7 Å². The second-order valence-electron chi connectivity index (χ2n) is 6.17. The third-order valence-electron chi connectivity index (χ3n) is 4.26. The molecule has 6 nitrogen and oxygen atoms in total. The molecule has 0 unspecified atom stereocenters. The third kappa shape index (κ3) is 3.39. The van der Waals surface area contributed by atoms with Crippen LogP contribution in [0.4, 0.5) is 10.1 Å². The van der Waals surface area contributed by atoms with Gasteiger partial charge in [-0.2, -0.15) is 0 Å². The summed E-state index contributed by atoms with van der Waals surface area (Å²) in [6.45, 7) is 5.21. The molecule has 0 bridgehead atoms. The number of nitrogens with two attached hydrogens (primary N) is 1. The molecular formula is C17H19FN4O2S. The minimum absolute atomic E-state index is 0.346. The fourth-order valence-corrected chi connectivity index (χ4v) is 3.87. The molecule has 1 aliphatic heterocycles. The van der Waals surface area contributed by atoms with E-state index in [0.717, 1.165) is 5.75 Å². The standard InChI is InChI=1S/C17H19FN4O2S/c1-9-14(10(2)24-22-9)15(23)20-11-4-5-13(18)12(8-11)17(3)6-7-25-16(19)21-17/h4-5,8H,6-7H2,1-3H3,(H2,19,21)(H,20,23)/t17-/m0/s1. The van der Waals surface area contributed by atoms with Crippen molar-refractivity contribution in [3.05, 3.63) is 46.6 Å². The number of thioether (sulfide) groups is 1. The normalized spacial score (nSPS) is 20.2. The molecule has 1 amide bonds. The number of amidine groups is 1. The molecule has 0 aliphatic carbocycles.